The van der Waals surface area contributed by atoms with Gasteiger partial charge < -0.3 is 4.90 Å². The van der Waals surface area contributed by atoms with Crippen LogP contribution in [0.15, 0.2) is 6.33 Å². The summed E-state index contributed by atoms with van der Waals surface area (Å²) >= 11 is 5.83. The van der Waals surface area contributed by atoms with E-state index < -0.39 is 0 Å². The van der Waals surface area contributed by atoms with Gasteiger partial charge in [0.25, 0.3) is 0 Å². The Labute approximate surface area is 93.3 Å². The SMILES string of the molecule is CN(c1ncnc(Cl)c1C=O)C1CCC1. The molecule has 0 spiro atoms. The number of nitrogens with zero attached hydrogens (tertiary/aromatic N) is 3. The monoisotopic (exact) mass is 225 g/mol. The van der Waals surface area contributed by atoms with E-state index >= 15 is 0 Å². The van der Waals surface area contributed by atoms with Gasteiger partial charge in [-0.15, -0.1) is 0 Å². The van der Waals surface area contributed by atoms with Crippen LogP contribution in [0.1, 0.15) is 29.6 Å². The highest BCUT2D eigenvalue weighted by molar-refractivity contribution is 6.32. The van der Waals surface area contributed by atoms with E-state index in [1.807, 2.05) is 11.9 Å². The average molecular weight is 226 g/mol. The van der Waals surface area contributed by atoms with Crippen LogP contribution in [0.5, 0.6) is 0 Å². The summed E-state index contributed by atoms with van der Waals surface area (Å²) in [5.41, 5.74) is 0.383. The van der Waals surface area contributed by atoms with E-state index in [0.29, 0.717) is 23.7 Å². The normalized spacial score (nSPS) is 15.9. The maximum absolute atomic E-state index is 10.9. The van der Waals surface area contributed by atoms with Crippen LogP contribution in [0.4, 0.5) is 5.82 Å². The third-order valence-corrected chi connectivity index (χ3v) is 3.19. The van der Waals surface area contributed by atoms with Crippen molar-refractivity contribution in [2.45, 2.75) is 25.3 Å². The number of aromatic nitrogens is 2. The molecule has 5 heteroatoms. The first-order valence-corrected chi connectivity index (χ1v) is 5.30. The third-order valence-electron chi connectivity index (χ3n) is 2.89. The molecule has 1 saturated carbocycles. The van der Waals surface area contributed by atoms with Gasteiger partial charge in [-0.2, -0.15) is 0 Å². The van der Waals surface area contributed by atoms with Crippen LogP contribution < -0.4 is 4.90 Å². The van der Waals surface area contributed by atoms with Gasteiger partial charge >= 0.3 is 0 Å². The molecule has 0 unspecified atom stereocenters. The third kappa shape index (κ3) is 1.81. The number of hydrogen-bond donors (Lipinski definition) is 0. The molecule has 1 aromatic heterocycles. The standard InChI is InChI=1S/C10H12ClN3O/c1-14(7-3-2-4-7)10-8(5-15)9(11)12-6-13-10/h5-7H,2-4H2,1H3. The predicted octanol–water partition coefficient (Wildman–Crippen LogP) is 1.93. The number of hydrogen-bond acceptors (Lipinski definition) is 4. The van der Waals surface area contributed by atoms with Crippen molar-refractivity contribution in [1.82, 2.24) is 9.97 Å². The summed E-state index contributed by atoms with van der Waals surface area (Å²) in [4.78, 5) is 20.8. The van der Waals surface area contributed by atoms with Gasteiger partial charge in [0.1, 0.15) is 17.3 Å². The van der Waals surface area contributed by atoms with Crippen LogP contribution in [0, 0.1) is 0 Å². The second-order valence-corrected chi connectivity index (χ2v) is 4.07. The van der Waals surface area contributed by atoms with Gasteiger partial charge in [0.15, 0.2) is 6.29 Å². The van der Waals surface area contributed by atoms with Crippen molar-refractivity contribution >= 4 is 23.7 Å². The molecule has 80 valence electrons. The number of halogens is 1. The van der Waals surface area contributed by atoms with Crippen LogP contribution >= 0.6 is 11.6 Å². The second kappa shape index (κ2) is 4.14. The Morgan fingerprint density at radius 3 is 2.80 bits per heavy atom. The van der Waals surface area contributed by atoms with E-state index in [9.17, 15) is 4.79 Å². The van der Waals surface area contributed by atoms with Gasteiger partial charge in [0.2, 0.25) is 0 Å². The number of aldehydes is 1. The van der Waals surface area contributed by atoms with E-state index in [1.165, 1.54) is 12.7 Å². The van der Waals surface area contributed by atoms with Gasteiger partial charge in [-0.1, -0.05) is 11.6 Å². The molecule has 4 nitrogen and oxygen atoms in total. The molecule has 0 aliphatic heterocycles. The van der Waals surface area contributed by atoms with E-state index in [-0.39, 0.29) is 5.15 Å². The van der Waals surface area contributed by atoms with Crippen molar-refractivity contribution in [3.63, 3.8) is 0 Å². The Bertz CT molecular complexity index is 379. The molecule has 1 aromatic rings. The lowest BCUT2D eigenvalue weighted by molar-refractivity contribution is 0.112. The lowest BCUT2D eigenvalue weighted by Crippen LogP contribution is -2.38. The molecule has 0 aromatic carbocycles. The zero-order valence-corrected chi connectivity index (χ0v) is 9.24. The molecule has 0 saturated heterocycles. The highest BCUT2D eigenvalue weighted by Crippen LogP contribution is 2.29. The van der Waals surface area contributed by atoms with E-state index in [0.717, 1.165) is 12.8 Å². The van der Waals surface area contributed by atoms with Crippen molar-refractivity contribution in [1.29, 1.82) is 0 Å². The van der Waals surface area contributed by atoms with Crippen LogP contribution in [0.2, 0.25) is 5.15 Å². The molecule has 1 heterocycles. The van der Waals surface area contributed by atoms with Crippen LogP contribution in [-0.4, -0.2) is 29.3 Å². The first-order chi connectivity index (χ1) is 7.24. The zero-order valence-electron chi connectivity index (χ0n) is 8.48. The molecule has 0 amide bonds. The van der Waals surface area contributed by atoms with E-state index in [2.05, 4.69) is 9.97 Å². The topological polar surface area (TPSA) is 46.1 Å². The lowest BCUT2D eigenvalue weighted by atomic mass is 9.92. The first kappa shape index (κ1) is 10.4. The van der Waals surface area contributed by atoms with Crippen LogP contribution in [0.25, 0.3) is 0 Å². The summed E-state index contributed by atoms with van der Waals surface area (Å²) in [6.07, 6.45) is 5.64. The number of carbonyl (C=O) groups excluding carboxylic acids is 1. The molecule has 1 fully saturated rings. The molecule has 0 radical (unpaired) electrons. The first-order valence-electron chi connectivity index (χ1n) is 4.92. The molecular formula is C10H12ClN3O. The smallest absolute Gasteiger partial charge is 0.156 e. The Morgan fingerprint density at radius 1 is 1.53 bits per heavy atom. The average Bonchev–Trinajstić information content (AvgIpc) is 2.14. The minimum Gasteiger partial charge on any atom is -0.356 e. The van der Waals surface area contributed by atoms with Gasteiger partial charge in [0.05, 0.1) is 5.56 Å². The summed E-state index contributed by atoms with van der Waals surface area (Å²) in [5, 5.41) is 0.223. The largest absolute Gasteiger partial charge is 0.356 e. The van der Waals surface area contributed by atoms with Crippen LogP contribution in [0.3, 0.4) is 0 Å². The summed E-state index contributed by atoms with van der Waals surface area (Å²) < 4.78 is 0. The number of rotatable bonds is 3. The van der Waals surface area contributed by atoms with Gasteiger partial charge in [-0.05, 0) is 19.3 Å². The molecule has 1 aliphatic rings. The summed E-state index contributed by atoms with van der Waals surface area (Å²) in [5.74, 6) is 0.634. The Kier molecular flexibility index (Phi) is 2.86. The van der Waals surface area contributed by atoms with E-state index in [1.54, 1.807) is 0 Å². The molecule has 0 atom stereocenters. The number of anilines is 1. The lowest BCUT2D eigenvalue weighted by Gasteiger charge is -2.35. The van der Waals surface area contributed by atoms with Crippen molar-refractivity contribution in [3.8, 4) is 0 Å². The molecule has 2 rings (SSSR count). The fourth-order valence-electron chi connectivity index (χ4n) is 1.69. The minimum absolute atomic E-state index is 0.223. The summed E-state index contributed by atoms with van der Waals surface area (Å²) in [6, 6.07) is 0.481. The maximum atomic E-state index is 10.9. The minimum atomic E-state index is 0.223. The summed E-state index contributed by atoms with van der Waals surface area (Å²) in [6.45, 7) is 0. The van der Waals surface area contributed by atoms with Crippen molar-refractivity contribution in [2.75, 3.05) is 11.9 Å². The Hall–Kier alpha value is -1.16. The predicted molar refractivity (Wildman–Crippen MR) is 58.5 cm³/mol. The summed E-state index contributed by atoms with van der Waals surface area (Å²) in [7, 11) is 1.94. The molecule has 15 heavy (non-hydrogen) atoms. The maximum Gasteiger partial charge on any atom is 0.156 e. The Balaban J connectivity index is 2.33. The van der Waals surface area contributed by atoms with Gasteiger partial charge in [-0.25, -0.2) is 9.97 Å². The highest BCUT2D eigenvalue weighted by Gasteiger charge is 2.25. The van der Waals surface area contributed by atoms with E-state index in [4.69, 9.17) is 11.6 Å². The molecule has 1 aliphatic carbocycles. The number of carbonyl (C=O) groups is 1. The Morgan fingerprint density at radius 2 is 2.27 bits per heavy atom. The zero-order chi connectivity index (χ0) is 10.8. The second-order valence-electron chi connectivity index (χ2n) is 3.72. The fourth-order valence-corrected chi connectivity index (χ4v) is 1.87. The van der Waals surface area contributed by atoms with Crippen molar-refractivity contribution in [3.05, 3.63) is 17.0 Å². The fraction of sp³-hybridized carbons (Fsp3) is 0.500. The quantitative estimate of drug-likeness (QED) is 0.583. The molecule has 0 bridgehead atoms. The van der Waals surface area contributed by atoms with Crippen molar-refractivity contribution in [2.24, 2.45) is 0 Å². The molecule has 0 N–H and O–H groups in total. The van der Waals surface area contributed by atoms with Crippen molar-refractivity contribution < 1.29 is 4.79 Å². The van der Waals surface area contributed by atoms with Gasteiger partial charge in [-0.3, -0.25) is 4.79 Å². The van der Waals surface area contributed by atoms with Crippen LogP contribution in [-0.2, 0) is 0 Å². The highest BCUT2D eigenvalue weighted by atomic mass is 35.5. The van der Waals surface area contributed by atoms with Gasteiger partial charge in [0, 0.05) is 13.1 Å². The molecular weight excluding hydrogens is 214 g/mol.